The molecular weight excluding hydrogens is 596 g/mol. The number of rotatable bonds is 11. The summed E-state index contributed by atoms with van der Waals surface area (Å²) < 4.78 is 10.5. The summed E-state index contributed by atoms with van der Waals surface area (Å²) >= 11 is 23.5. The minimum Gasteiger partial charge on any atom is -0.496 e. The lowest BCUT2D eigenvalue weighted by atomic mass is 9.96. The van der Waals surface area contributed by atoms with Crippen molar-refractivity contribution < 1.29 is 24.2 Å². The van der Waals surface area contributed by atoms with E-state index in [2.05, 4.69) is 18.5 Å². The second-order valence-electron chi connectivity index (χ2n) is 8.37. The molecule has 3 aromatic carbocycles. The van der Waals surface area contributed by atoms with E-state index >= 15 is 0 Å². The van der Waals surface area contributed by atoms with Crippen molar-refractivity contribution in [2.45, 2.75) is 31.4 Å². The van der Waals surface area contributed by atoms with Gasteiger partial charge in [-0.15, -0.1) is 13.2 Å². The molecule has 212 valence electrons. The maximum atomic E-state index is 12.2. The van der Waals surface area contributed by atoms with Gasteiger partial charge in [-0.1, -0.05) is 88.9 Å². The number of allylic oxidation sites excluding steroid dienone is 1. The molecular formula is C30H29Cl4NO5. The van der Waals surface area contributed by atoms with Crippen molar-refractivity contribution in [3.05, 3.63) is 123 Å². The van der Waals surface area contributed by atoms with Crippen LogP contribution in [0.3, 0.4) is 0 Å². The maximum absolute atomic E-state index is 12.2. The van der Waals surface area contributed by atoms with E-state index in [1.54, 1.807) is 49.6 Å². The second kappa shape index (κ2) is 16.8. The van der Waals surface area contributed by atoms with Crippen LogP contribution in [0.25, 0.3) is 0 Å². The number of aliphatic carboxylic acids is 1. The predicted molar refractivity (Wildman–Crippen MR) is 162 cm³/mol. The van der Waals surface area contributed by atoms with Crippen molar-refractivity contribution in [3.63, 3.8) is 0 Å². The maximum Gasteiger partial charge on any atom is 0.407 e. The van der Waals surface area contributed by atoms with E-state index < -0.39 is 18.0 Å². The summed E-state index contributed by atoms with van der Waals surface area (Å²) in [5.74, 6) is -0.840. The Morgan fingerprint density at radius 2 is 1.45 bits per heavy atom. The summed E-state index contributed by atoms with van der Waals surface area (Å²) in [6, 6.07) is 17.1. The number of carbonyl (C=O) groups excluding carboxylic acids is 1. The average Bonchev–Trinajstić information content (AvgIpc) is 2.93. The molecule has 40 heavy (non-hydrogen) atoms. The minimum atomic E-state index is -0.895. The van der Waals surface area contributed by atoms with E-state index in [-0.39, 0.29) is 12.6 Å². The van der Waals surface area contributed by atoms with Gasteiger partial charge in [-0.05, 0) is 54.3 Å². The predicted octanol–water partition coefficient (Wildman–Crippen LogP) is 9.28. The number of halogens is 4. The standard InChI is InChI=1S/C19H19Cl2NO3.C11H10Cl2O2/c1-3-6-17(13-9-10-15(20)16(21)11-13)22-19(23)25-12-14-7-4-5-8-18(14)24-2;1-2-3-8(11(14)15)7-4-5-9(12)10(13)6-7/h3-5,7-11,17H,1,6,12H2,2H3,(H,22,23);2,4-6,8H,1,3H2,(H,14,15)/t17-;8-/m00/s1. The number of hydrogen-bond donors (Lipinski definition) is 2. The van der Waals surface area contributed by atoms with Crippen LogP contribution in [-0.2, 0) is 16.1 Å². The molecule has 1 amide bonds. The van der Waals surface area contributed by atoms with E-state index in [0.29, 0.717) is 44.2 Å². The van der Waals surface area contributed by atoms with E-state index in [1.807, 2.05) is 30.3 Å². The molecule has 0 saturated heterocycles. The lowest BCUT2D eigenvalue weighted by molar-refractivity contribution is -0.138. The van der Waals surface area contributed by atoms with Gasteiger partial charge in [0.2, 0.25) is 0 Å². The van der Waals surface area contributed by atoms with Gasteiger partial charge in [-0.25, -0.2) is 4.79 Å². The zero-order valence-electron chi connectivity index (χ0n) is 21.7. The SMILES string of the molecule is C=CC[C@H](C(=O)O)c1ccc(Cl)c(Cl)c1.C=CC[C@H](NC(=O)OCc1ccccc1OC)c1ccc(Cl)c(Cl)c1. The number of ether oxygens (including phenoxy) is 2. The van der Waals surface area contributed by atoms with Crippen LogP contribution in [0.1, 0.15) is 41.5 Å². The molecule has 0 aliphatic carbocycles. The van der Waals surface area contributed by atoms with Crippen LogP contribution < -0.4 is 10.1 Å². The summed E-state index contributed by atoms with van der Waals surface area (Å²) in [5, 5.41) is 13.5. The zero-order valence-corrected chi connectivity index (χ0v) is 24.7. The first-order chi connectivity index (χ1) is 19.1. The van der Waals surface area contributed by atoms with Gasteiger partial charge >= 0.3 is 12.1 Å². The van der Waals surface area contributed by atoms with Gasteiger partial charge in [0.15, 0.2) is 0 Å². The highest BCUT2D eigenvalue weighted by molar-refractivity contribution is 6.42. The van der Waals surface area contributed by atoms with Crippen molar-refractivity contribution in [2.24, 2.45) is 0 Å². The normalized spacial score (nSPS) is 11.7. The Labute approximate surface area is 254 Å². The van der Waals surface area contributed by atoms with Crippen molar-refractivity contribution in [2.75, 3.05) is 7.11 Å². The van der Waals surface area contributed by atoms with Gasteiger partial charge in [0.25, 0.3) is 0 Å². The first kappa shape index (κ1) is 33.0. The molecule has 0 aliphatic heterocycles. The van der Waals surface area contributed by atoms with Crippen LogP contribution in [-0.4, -0.2) is 24.3 Å². The molecule has 0 heterocycles. The van der Waals surface area contributed by atoms with Gasteiger partial charge in [-0.2, -0.15) is 0 Å². The van der Waals surface area contributed by atoms with Crippen molar-refractivity contribution in [1.82, 2.24) is 5.32 Å². The molecule has 0 unspecified atom stereocenters. The summed E-state index contributed by atoms with van der Waals surface area (Å²) in [7, 11) is 1.57. The third kappa shape index (κ3) is 10.1. The monoisotopic (exact) mass is 623 g/mol. The highest BCUT2D eigenvalue weighted by atomic mass is 35.5. The fourth-order valence-corrected chi connectivity index (χ4v) is 4.21. The molecule has 0 bridgehead atoms. The van der Waals surface area contributed by atoms with Crippen LogP contribution in [0.2, 0.25) is 20.1 Å². The number of methoxy groups -OCH3 is 1. The van der Waals surface area contributed by atoms with E-state index in [4.69, 9.17) is 61.0 Å². The molecule has 0 radical (unpaired) electrons. The molecule has 3 rings (SSSR count). The lowest BCUT2D eigenvalue weighted by Crippen LogP contribution is -2.28. The summed E-state index contributed by atoms with van der Waals surface area (Å²) in [6.07, 6.45) is 3.65. The summed E-state index contributed by atoms with van der Waals surface area (Å²) in [6.45, 7) is 7.36. The van der Waals surface area contributed by atoms with E-state index in [1.165, 1.54) is 0 Å². The van der Waals surface area contributed by atoms with Crippen LogP contribution in [0.15, 0.2) is 86.0 Å². The van der Waals surface area contributed by atoms with Gasteiger partial charge in [0.1, 0.15) is 12.4 Å². The molecule has 0 saturated carbocycles. The Morgan fingerprint density at radius 3 is 2.00 bits per heavy atom. The van der Waals surface area contributed by atoms with Crippen molar-refractivity contribution in [3.8, 4) is 5.75 Å². The van der Waals surface area contributed by atoms with Gasteiger partial charge < -0.3 is 19.9 Å². The molecule has 0 spiro atoms. The molecule has 0 aromatic heterocycles. The zero-order chi connectivity index (χ0) is 29.7. The topological polar surface area (TPSA) is 84.9 Å². The van der Waals surface area contributed by atoms with Crippen molar-refractivity contribution >= 4 is 58.5 Å². The third-order valence-corrected chi connectivity index (χ3v) is 7.12. The lowest BCUT2D eigenvalue weighted by Gasteiger charge is -2.18. The van der Waals surface area contributed by atoms with Crippen LogP contribution in [0.5, 0.6) is 5.75 Å². The Bertz CT molecular complexity index is 1330. The quantitative estimate of drug-likeness (QED) is 0.208. The first-order valence-electron chi connectivity index (χ1n) is 12.0. The Balaban J connectivity index is 0.000000319. The van der Waals surface area contributed by atoms with E-state index in [9.17, 15) is 9.59 Å². The van der Waals surface area contributed by atoms with Crippen LogP contribution in [0, 0.1) is 0 Å². The molecule has 2 N–H and O–H groups in total. The molecule has 10 heteroatoms. The second-order valence-corrected chi connectivity index (χ2v) is 10.0. The summed E-state index contributed by atoms with van der Waals surface area (Å²) in [4.78, 5) is 23.1. The number of para-hydroxylation sites is 1. The van der Waals surface area contributed by atoms with Crippen LogP contribution in [0.4, 0.5) is 4.79 Å². The Kier molecular flexibility index (Phi) is 13.9. The average molecular weight is 625 g/mol. The molecule has 3 aromatic rings. The first-order valence-corrected chi connectivity index (χ1v) is 13.5. The third-order valence-electron chi connectivity index (χ3n) is 5.64. The van der Waals surface area contributed by atoms with Gasteiger partial charge in [-0.3, -0.25) is 4.79 Å². The number of carboxylic acid groups (broad SMARTS) is 1. The van der Waals surface area contributed by atoms with Crippen molar-refractivity contribution in [1.29, 1.82) is 0 Å². The molecule has 0 aliphatic rings. The highest BCUT2D eigenvalue weighted by Crippen LogP contribution is 2.29. The van der Waals surface area contributed by atoms with Crippen LogP contribution >= 0.6 is 46.4 Å². The van der Waals surface area contributed by atoms with E-state index in [0.717, 1.165) is 11.1 Å². The molecule has 2 atom stereocenters. The van der Waals surface area contributed by atoms with Gasteiger partial charge in [0, 0.05) is 5.56 Å². The Morgan fingerprint density at radius 1 is 0.875 bits per heavy atom. The number of alkyl carbamates (subject to hydrolysis) is 1. The summed E-state index contributed by atoms with van der Waals surface area (Å²) in [5.41, 5.74) is 2.25. The number of carbonyl (C=O) groups is 2. The fourth-order valence-electron chi connectivity index (χ4n) is 3.60. The molecule has 0 fully saturated rings. The highest BCUT2D eigenvalue weighted by Gasteiger charge is 2.19. The number of benzene rings is 3. The number of nitrogens with one attached hydrogen (secondary N) is 1. The van der Waals surface area contributed by atoms with Gasteiger partial charge in [0.05, 0.1) is 39.2 Å². The Hall–Kier alpha value is -3.16. The fraction of sp³-hybridized carbons (Fsp3) is 0.200. The smallest absolute Gasteiger partial charge is 0.407 e. The number of amides is 1. The number of hydrogen-bond acceptors (Lipinski definition) is 4. The number of carboxylic acids is 1. The molecule has 6 nitrogen and oxygen atoms in total. The largest absolute Gasteiger partial charge is 0.496 e. The minimum absolute atomic E-state index is 0.109.